The van der Waals surface area contributed by atoms with Crippen LogP contribution < -0.4 is 10.6 Å². The van der Waals surface area contributed by atoms with Crippen LogP contribution in [-0.2, 0) is 0 Å². The van der Waals surface area contributed by atoms with Gasteiger partial charge in [-0.1, -0.05) is 39.0 Å². The monoisotopic (exact) mass is 274 g/mol. The van der Waals surface area contributed by atoms with Crippen molar-refractivity contribution in [3.8, 4) is 0 Å². The van der Waals surface area contributed by atoms with Gasteiger partial charge in [-0.2, -0.15) is 0 Å². The number of nitrogens with two attached hydrogens (primary N) is 1. The van der Waals surface area contributed by atoms with Gasteiger partial charge in [0.15, 0.2) is 0 Å². The first-order valence-electron chi connectivity index (χ1n) is 7.86. The zero-order valence-electron chi connectivity index (χ0n) is 13.7. The van der Waals surface area contributed by atoms with Crippen LogP contribution in [0.5, 0.6) is 0 Å². The third-order valence-electron chi connectivity index (χ3n) is 5.74. The van der Waals surface area contributed by atoms with Gasteiger partial charge in [0.25, 0.3) is 0 Å². The fourth-order valence-corrected chi connectivity index (χ4v) is 3.69. The van der Waals surface area contributed by atoms with E-state index in [1.807, 2.05) is 0 Å². The molecule has 0 aliphatic heterocycles. The summed E-state index contributed by atoms with van der Waals surface area (Å²) in [6.07, 6.45) is 2.41. The van der Waals surface area contributed by atoms with Crippen molar-refractivity contribution in [2.75, 3.05) is 18.5 Å². The Morgan fingerprint density at radius 2 is 1.90 bits per heavy atom. The van der Waals surface area contributed by atoms with Gasteiger partial charge in [-0.05, 0) is 48.6 Å². The molecule has 3 unspecified atom stereocenters. The lowest BCUT2D eigenvalue weighted by Gasteiger charge is -2.48. The van der Waals surface area contributed by atoms with Crippen molar-refractivity contribution < 1.29 is 0 Å². The molecule has 1 aliphatic rings. The Labute approximate surface area is 124 Å². The molecule has 0 aromatic heterocycles. The lowest BCUT2D eigenvalue weighted by molar-refractivity contribution is 0.0588. The summed E-state index contributed by atoms with van der Waals surface area (Å²) in [5.74, 6) is 1.30. The predicted octanol–water partition coefficient (Wildman–Crippen LogP) is 3.83. The van der Waals surface area contributed by atoms with E-state index in [2.05, 4.69) is 63.9 Å². The van der Waals surface area contributed by atoms with Gasteiger partial charge in [0, 0.05) is 25.3 Å². The lowest BCUT2D eigenvalue weighted by atomic mass is 9.61. The van der Waals surface area contributed by atoms with Crippen LogP contribution in [0.25, 0.3) is 0 Å². The molecule has 0 spiro atoms. The van der Waals surface area contributed by atoms with Crippen molar-refractivity contribution in [1.82, 2.24) is 0 Å². The molecule has 2 N–H and O–H groups in total. The van der Waals surface area contributed by atoms with Gasteiger partial charge in [0.2, 0.25) is 0 Å². The number of hydrogen-bond acceptors (Lipinski definition) is 2. The van der Waals surface area contributed by atoms with Crippen LogP contribution in [0.1, 0.15) is 39.2 Å². The van der Waals surface area contributed by atoms with E-state index in [1.165, 1.54) is 17.7 Å². The second-order valence-corrected chi connectivity index (χ2v) is 7.22. The molecule has 3 atom stereocenters. The van der Waals surface area contributed by atoms with Crippen LogP contribution >= 0.6 is 0 Å². The Bertz CT molecular complexity index is 452. The average molecular weight is 274 g/mol. The van der Waals surface area contributed by atoms with Crippen LogP contribution in [0.15, 0.2) is 24.3 Å². The Hall–Kier alpha value is -1.02. The van der Waals surface area contributed by atoms with E-state index in [-0.39, 0.29) is 0 Å². The molecule has 1 aliphatic carbocycles. The molecule has 2 nitrogen and oxygen atoms in total. The molecule has 0 heterocycles. The highest BCUT2D eigenvalue weighted by Crippen LogP contribution is 2.44. The highest BCUT2D eigenvalue weighted by Gasteiger charge is 2.41. The van der Waals surface area contributed by atoms with Crippen LogP contribution in [0.2, 0.25) is 0 Å². The predicted molar refractivity (Wildman–Crippen MR) is 88.1 cm³/mol. The van der Waals surface area contributed by atoms with E-state index in [4.69, 9.17) is 5.73 Å². The summed E-state index contributed by atoms with van der Waals surface area (Å²) in [7, 11) is 2.22. The minimum atomic E-state index is 0.314. The van der Waals surface area contributed by atoms with Crippen LogP contribution in [0.4, 0.5) is 5.69 Å². The molecule has 1 saturated carbocycles. The van der Waals surface area contributed by atoms with Gasteiger partial charge < -0.3 is 10.6 Å². The molecule has 0 radical (unpaired) electrons. The first kappa shape index (κ1) is 15.4. The fourth-order valence-electron chi connectivity index (χ4n) is 3.69. The van der Waals surface area contributed by atoms with Crippen LogP contribution in [0.3, 0.4) is 0 Å². The van der Waals surface area contributed by atoms with Crippen LogP contribution in [0, 0.1) is 24.2 Å². The van der Waals surface area contributed by atoms with Gasteiger partial charge in [-0.15, -0.1) is 0 Å². The van der Waals surface area contributed by atoms with Gasteiger partial charge in [-0.3, -0.25) is 0 Å². The quantitative estimate of drug-likeness (QED) is 0.907. The SMILES string of the molecule is Cc1ccccc1N(C)CC1CCC(N)C(C)C1(C)C. The molecule has 0 amide bonds. The van der Waals surface area contributed by atoms with Crippen molar-refractivity contribution in [2.24, 2.45) is 23.0 Å². The van der Waals surface area contributed by atoms with Crippen molar-refractivity contribution in [3.63, 3.8) is 0 Å². The topological polar surface area (TPSA) is 29.3 Å². The van der Waals surface area contributed by atoms with Crippen LogP contribution in [-0.4, -0.2) is 19.6 Å². The number of aryl methyl sites for hydroxylation is 1. The second-order valence-electron chi connectivity index (χ2n) is 7.22. The molecular weight excluding hydrogens is 244 g/mol. The standard InChI is InChI=1S/C18H30N2/c1-13-8-6-7-9-17(13)20(5)12-15-10-11-16(19)14(2)18(15,3)4/h6-9,14-16H,10-12,19H2,1-5H3. The average Bonchev–Trinajstić information content (AvgIpc) is 2.40. The van der Waals surface area contributed by atoms with Gasteiger partial charge in [0.1, 0.15) is 0 Å². The maximum Gasteiger partial charge on any atom is 0.0393 e. The van der Waals surface area contributed by atoms with E-state index in [9.17, 15) is 0 Å². The number of anilines is 1. The number of hydrogen-bond donors (Lipinski definition) is 1. The first-order valence-corrected chi connectivity index (χ1v) is 7.86. The molecule has 112 valence electrons. The highest BCUT2D eigenvalue weighted by molar-refractivity contribution is 5.52. The maximum absolute atomic E-state index is 6.27. The number of benzene rings is 1. The third kappa shape index (κ3) is 2.85. The summed E-state index contributed by atoms with van der Waals surface area (Å²) in [6, 6.07) is 9.02. The minimum absolute atomic E-state index is 0.314. The lowest BCUT2D eigenvalue weighted by Crippen LogP contribution is -2.49. The Kier molecular flexibility index (Phi) is 4.43. The number of rotatable bonds is 3. The summed E-state index contributed by atoms with van der Waals surface area (Å²) >= 11 is 0. The molecule has 1 aromatic carbocycles. The van der Waals surface area contributed by atoms with Gasteiger partial charge in [0.05, 0.1) is 0 Å². The number of para-hydroxylation sites is 1. The second kappa shape index (κ2) is 5.77. The maximum atomic E-state index is 6.27. The minimum Gasteiger partial charge on any atom is -0.374 e. The zero-order valence-corrected chi connectivity index (χ0v) is 13.7. The van der Waals surface area contributed by atoms with E-state index in [0.717, 1.165) is 13.0 Å². The molecule has 20 heavy (non-hydrogen) atoms. The summed E-state index contributed by atoms with van der Waals surface area (Å²) in [6.45, 7) is 10.4. The number of nitrogens with zero attached hydrogens (tertiary/aromatic N) is 1. The highest BCUT2D eigenvalue weighted by atomic mass is 15.1. The summed E-state index contributed by atoms with van der Waals surface area (Å²) in [5, 5.41) is 0. The van der Waals surface area contributed by atoms with E-state index in [0.29, 0.717) is 23.3 Å². The molecule has 1 aromatic rings. The third-order valence-corrected chi connectivity index (χ3v) is 5.74. The van der Waals surface area contributed by atoms with Crippen molar-refractivity contribution in [3.05, 3.63) is 29.8 Å². The van der Waals surface area contributed by atoms with Gasteiger partial charge in [-0.25, -0.2) is 0 Å². The van der Waals surface area contributed by atoms with Gasteiger partial charge >= 0.3 is 0 Å². The Balaban J connectivity index is 2.12. The van der Waals surface area contributed by atoms with E-state index >= 15 is 0 Å². The Morgan fingerprint density at radius 1 is 1.25 bits per heavy atom. The van der Waals surface area contributed by atoms with Crippen molar-refractivity contribution >= 4 is 5.69 Å². The molecule has 0 saturated heterocycles. The summed E-state index contributed by atoms with van der Waals surface area (Å²) in [5.41, 5.74) is 9.29. The smallest absolute Gasteiger partial charge is 0.0393 e. The van der Waals surface area contributed by atoms with Crippen molar-refractivity contribution in [1.29, 1.82) is 0 Å². The molecule has 2 heteroatoms. The van der Waals surface area contributed by atoms with Crippen molar-refractivity contribution in [2.45, 2.75) is 46.6 Å². The molecular formula is C18H30N2. The Morgan fingerprint density at radius 3 is 2.55 bits per heavy atom. The first-order chi connectivity index (χ1) is 9.34. The molecule has 0 bridgehead atoms. The molecule has 2 rings (SSSR count). The fraction of sp³-hybridized carbons (Fsp3) is 0.667. The largest absolute Gasteiger partial charge is 0.374 e. The van der Waals surface area contributed by atoms with E-state index < -0.39 is 0 Å². The van der Waals surface area contributed by atoms with E-state index in [1.54, 1.807) is 0 Å². The zero-order chi connectivity index (χ0) is 14.9. The normalized spacial score (nSPS) is 29.2. The summed E-state index contributed by atoms with van der Waals surface area (Å²) in [4.78, 5) is 2.42. The molecule has 1 fully saturated rings. The summed E-state index contributed by atoms with van der Waals surface area (Å²) < 4.78 is 0.